The molecule has 0 radical (unpaired) electrons. The van der Waals surface area contributed by atoms with Crippen LogP contribution in [0.4, 0.5) is 0 Å². The lowest BCUT2D eigenvalue weighted by Crippen LogP contribution is -2.46. The fourth-order valence-corrected chi connectivity index (χ4v) is 2.22. The number of hydrogen-bond donors (Lipinski definition) is 0. The van der Waals surface area contributed by atoms with Gasteiger partial charge < -0.3 is 9.55 Å². The second kappa shape index (κ2) is 7.44. The maximum Gasteiger partial charge on any atom is 0.361 e. The molecule has 0 aliphatic rings. The highest BCUT2D eigenvalue weighted by Crippen LogP contribution is 2.00. The van der Waals surface area contributed by atoms with Crippen LogP contribution in [0.25, 0.3) is 0 Å². The van der Waals surface area contributed by atoms with E-state index in [1.165, 1.54) is 22.1 Å². The van der Waals surface area contributed by atoms with Crippen molar-refractivity contribution in [2.75, 3.05) is 27.2 Å². The molecule has 0 heterocycles. The SMILES string of the molecule is Cc1ccc(B(OCCN(C)C)c2ccc(C)cc2)cc1. The van der Waals surface area contributed by atoms with Gasteiger partial charge >= 0.3 is 6.92 Å². The first-order valence-electron chi connectivity index (χ1n) is 7.46. The quantitative estimate of drug-likeness (QED) is 0.751. The first kappa shape index (κ1) is 15.8. The van der Waals surface area contributed by atoms with E-state index in [9.17, 15) is 0 Å². The number of benzene rings is 2. The Kier molecular flexibility index (Phi) is 5.60. The summed E-state index contributed by atoms with van der Waals surface area (Å²) in [4.78, 5) is 2.14. The van der Waals surface area contributed by atoms with Gasteiger partial charge in [0.1, 0.15) is 0 Å². The molecular formula is C18H24BNO. The first-order chi connectivity index (χ1) is 10.1. The molecule has 0 saturated carbocycles. The molecule has 0 saturated heterocycles. The molecule has 2 aromatic rings. The molecular weight excluding hydrogens is 257 g/mol. The average Bonchev–Trinajstić information content (AvgIpc) is 2.46. The lowest BCUT2D eigenvalue weighted by Gasteiger charge is -2.17. The van der Waals surface area contributed by atoms with Crippen molar-refractivity contribution < 1.29 is 4.65 Å². The van der Waals surface area contributed by atoms with Crippen molar-refractivity contribution in [3.63, 3.8) is 0 Å². The zero-order valence-corrected chi connectivity index (χ0v) is 13.5. The second-order valence-corrected chi connectivity index (χ2v) is 5.88. The van der Waals surface area contributed by atoms with Crippen LogP contribution in [0.3, 0.4) is 0 Å². The fraction of sp³-hybridized carbons (Fsp3) is 0.333. The van der Waals surface area contributed by atoms with Crippen LogP contribution >= 0.6 is 0 Å². The first-order valence-corrected chi connectivity index (χ1v) is 7.46. The van der Waals surface area contributed by atoms with Crippen molar-refractivity contribution in [1.82, 2.24) is 4.90 Å². The summed E-state index contributed by atoms with van der Waals surface area (Å²) in [5.74, 6) is 0. The van der Waals surface area contributed by atoms with E-state index in [4.69, 9.17) is 4.65 Å². The summed E-state index contributed by atoms with van der Waals surface area (Å²) in [6, 6.07) is 17.2. The third-order valence-electron chi connectivity index (χ3n) is 3.58. The fourth-order valence-electron chi connectivity index (χ4n) is 2.22. The Morgan fingerprint density at radius 1 is 0.810 bits per heavy atom. The predicted molar refractivity (Wildman–Crippen MR) is 91.9 cm³/mol. The summed E-state index contributed by atoms with van der Waals surface area (Å²) in [5.41, 5.74) is 4.97. The van der Waals surface area contributed by atoms with Crippen LogP contribution in [0.5, 0.6) is 0 Å². The highest BCUT2D eigenvalue weighted by Gasteiger charge is 2.21. The van der Waals surface area contributed by atoms with Gasteiger partial charge in [0.2, 0.25) is 0 Å². The van der Waals surface area contributed by atoms with Crippen LogP contribution in [0.2, 0.25) is 0 Å². The van der Waals surface area contributed by atoms with Crippen molar-refractivity contribution in [1.29, 1.82) is 0 Å². The minimum Gasteiger partial charge on any atom is -0.426 e. The molecule has 2 rings (SSSR count). The van der Waals surface area contributed by atoms with E-state index in [-0.39, 0.29) is 6.92 Å². The van der Waals surface area contributed by atoms with E-state index in [1.54, 1.807) is 0 Å². The number of aryl methyl sites for hydroxylation is 2. The Hall–Kier alpha value is -1.58. The molecule has 0 fully saturated rings. The van der Waals surface area contributed by atoms with Gasteiger partial charge in [0.25, 0.3) is 0 Å². The molecule has 0 unspecified atom stereocenters. The Morgan fingerprint density at radius 2 is 1.24 bits per heavy atom. The molecule has 21 heavy (non-hydrogen) atoms. The standard InChI is InChI=1S/C18H24BNO/c1-15-5-9-17(10-6-15)19(21-14-13-20(3)4)18-11-7-16(2)8-12-18/h5-12H,13-14H2,1-4H3. The van der Waals surface area contributed by atoms with Gasteiger partial charge in [-0.2, -0.15) is 0 Å². The van der Waals surface area contributed by atoms with Crippen molar-refractivity contribution >= 4 is 17.8 Å². The van der Waals surface area contributed by atoms with Crippen molar-refractivity contribution in [3.8, 4) is 0 Å². The maximum absolute atomic E-state index is 6.16. The van der Waals surface area contributed by atoms with Gasteiger partial charge in [-0.1, -0.05) is 59.7 Å². The van der Waals surface area contributed by atoms with Crippen LogP contribution in [0, 0.1) is 13.8 Å². The summed E-state index contributed by atoms with van der Waals surface area (Å²) < 4.78 is 6.16. The lowest BCUT2D eigenvalue weighted by molar-refractivity contribution is 0.269. The molecule has 2 nitrogen and oxygen atoms in total. The van der Waals surface area contributed by atoms with Gasteiger partial charge in [-0.25, -0.2) is 0 Å². The van der Waals surface area contributed by atoms with Crippen molar-refractivity contribution in [2.45, 2.75) is 13.8 Å². The summed E-state index contributed by atoms with van der Waals surface area (Å²) in [6.45, 7) is 5.87. The van der Waals surface area contributed by atoms with E-state index in [0.29, 0.717) is 0 Å². The predicted octanol–water partition coefficient (Wildman–Crippen LogP) is 1.99. The molecule has 0 amide bonds. The Balaban J connectivity index is 2.21. The van der Waals surface area contributed by atoms with Gasteiger partial charge in [0, 0.05) is 13.2 Å². The maximum atomic E-state index is 6.16. The molecule has 0 spiro atoms. The lowest BCUT2D eigenvalue weighted by atomic mass is 9.55. The average molecular weight is 281 g/mol. The topological polar surface area (TPSA) is 12.5 Å². The third-order valence-corrected chi connectivity index (χ3v) is 3.58. The van der Waals surface area contributed by atoms with E-state index < -0.39 is 0 Å². The monoisotopic (exact) mass is 281 g/mol. The van der Waals surface area contributed by atoms with Gasteiger partial charge in [0.15, 0.2) is 0 Å². The molecule has 110 valence electrons. The highest BCUT2D eigenvalue weighted by atomic mass is 16.4. The molecule has 0 bridgehead atoms. The van der Waals surface area contributed by atoms with Gasteiger partial charge in [0.05, 0.1) is 0 Å². The zero-order valence-electron chi connectivity index (χ0n) is 13.5. The third kappa shape index (κ3) is 4.73. The van der Waals surface area contributed by atoms with Crippen molar-refractivity contribution in [2.24, 2.45) is 0 Å². The second-order valence-electron chi connectivity index (χ2n) is 5.88. The molecule has 0 aromatic heterocycles. The molecule has 0 atom stereocenters. The number of rotatable bonds is 6. The Bertz CT molecular complexity index is 503. The highest BCUT2D eigenvalue weighted by molar-refractivity contribution is 6.80. The van der Waals surface area contributed by atoms with E-state index in [2.05, 4.69) is 81.4 Å². The summed E-state index contributed by atoms with van der Waals surface area (Å²) in [6.07, 6.45) is 0. The van der Waals surface area contributed by atoms with E-state index >= 15 is 0 Å². The summed E-state index contributed by atoms with van der Waals surface area (Å²) >= 11 is 0. The van der Waals surface area contributed by atoms with E-state index in [1.807, 2.05) is 0 Å². The molecule has 0 N–H and O–H groups in total. The zero-order chi connectivity index (χ0) is 15.2. The van der Waals surface area contributed by atoms with Crippen LogP contribution in [-0.2, 0) is 4.65 Å². The van der Waals surface area contributed by atoms with Gasteiger partial charge in [-0.3, -0.25) is 0 Å². The van der Waals surface area contributed by atoms with Crippen LogP contribution in [0.1, 0.15) is 11.1 Å². The number of likely N-dealkylation sites (N-methyl/N-ethyl adjacent to an activating group) is 1. The summed E-state index contributed by atoms with van der Waals surface area (Å²) in [5, 5.41) is 0. The minimum absolute atomic E-state index is 0.00569. The largest absolute Gasteiger partial charge is 0.426 e. The van der Waals surface area contributed by atoms with Crippen LogP contribution in [-0.4, -0.2) is 39.1 Å². The normalized spacial score (nSPS) is 10.9. The molecule has 2 aromatic carbocycles. The number of hydrogen-bond acceptors (Lipinski definition) is 2. The Labute approximate surface area is 128 Å². The molecule has 0 aliphatic carbocycles. The molecule has 3 heteroatoms. The number of nitrogens with zero attached hydrogens (tertiary/aromatic N) is 1. The minimum atomic E-state index is 0.00569. The van der Waals surface area contributed by atoms with Crippen LogP contribution < -0.4 is 10.9 Å². The van der Waals surface area contributed by atoms with Crippen molar-refractivity contribution in [3.05, 3.63) is 59.7 Å². The Morgan fingerprint density at radius 3 is 1.62 bits per heavy atom. The molecule has 0 aliphatic heterocycles. The van der Waals surface area contributed by atoms with Crippen LogP contribution in [0.15, 0.2) is 48.5 Å². The van der Waals surface area contributed by atoms with Gasteiger partial charge in [-0.05, 0) is 38.9 Å². The smallest absolute Gasteiger partial charge is 0.361 e. The van der Waals surface area contributed by atoms with Gasteiger partial charge in [-0.15, -0.1) is 0 Å². The summed E-state index contributed by atoms with van der Waals surface area (Å²) in [7, 11) is 4.13. The van der Waals surface area contributed by atoms with E-state index in [0.717, 1.165) is 13.2 Å².